The molecular formula is C19H16S2. The largest absolute Gasteiger partial charge is 0.140 e. The van der Waals surface area contributed by atoms with Gasteiger partial charge in [0.25, 0.3) is 0 Å². The van der Waals surface area contributed by atoms with E-state index in [4.69, 9.17) is 0 Å². The highest BCUT2D eigenvalue weighted by atomic mass is 32.1. The molecule has 0 atom stereocenters. The van der Waals surface area contributed by atoms with Gasteiger partial charge >= 0.3 is 0 Å². The van der Waals surface area contributed by atoms with Crippen molar-refractivity contribution < 1.29 is 0 Å². The quantitative estimate of drug-likeness (QED) is 0.418. The van der Waals surface area contributed by atoms with Gasteiger partial charge < -0.3 is 0 Å². The number of fused-ring (bicyclic) bond motifs is 2. The molecule has 0 saturated heterocycles. The molecule has 0 aliphatic carbocycles. The van der Waals surface area contributed by atoms with Gasteiger partial charge in [0.15, 0.2) is 0 Å². The highest BCUT2D eigenvalue weighted by Crippen LogP contribution is 2.30. The van der Waals surface area contributed by atoms with Crippen molar-refractivity contribution in [3.63, 3.8) is 0 Å². The topological polar surface area (TPSA) is 0 Å². The van der Waals surface area contributed by atoms with Gasteiger partial charge in [-0.2, -0.15) is 0 Å². The third-order valence-electron chi connectivity index (χ3n) is 3.84. The Morgan fingerprint density at radius 2 is 1.52 bits per heavy atom. The summed E-state index contributed by atoms with van der Waals surface area (Å²) >= 11 is 3.83. The Hall–Kier alpha value is -1.64. The van der Waals surface area contributed by atoms with Gasteiger partial charge in [-0.25, -0.2) is 0 Å². The zero-order chi connectivity index (χ0) is 14.2. The van der Waals surface area contributed by atoms with Crippen molar-refractivity contribution in [2.24, 2.45) is 0 Å². The van der Waals surface area contributed by atoms with E-state index in [0.717, 1.165) is 12.8 Å². The summed E-state index contributed by atoms with van der Waals surface area (Å²) in [4.78, 5) is 2.92. The second kappa shape index (κ2) is 5.28. The summed E-state index contributed by atoms with van der Waals surface area (Å²) in [5.74, 6) is 0. The summed E-state index contributed by atoms with van der Waals surface area (Å²) < 4.78 is 2.80. The molecule has 2 aromatic carbocycles. The summed E-state index contributed by atoms with van der Waals surface area (Å²) in [5, 5.41) is 2.76. The molecule has 0 fully saturated rings. The number of aryl methyl sites for hydroxylation is 1. The summed E-state index contributed by atoms with van der Waals surface area (Å²) in [7, 11) is 0. The molecule has 4 rings (SSSR count). The molecule has 0 unspecified atom stereocenters. The molecule has 0 amide bonds. The van der Waals surface area contributed by atoms with E-state index in [9.17, 15) is 0 Å². The molecule has 2 aromatic heterocycles. The number of benzene rings is 2. The Labute approximate surface area is 132 Å². The second-order valence-corrected chi connectivity index (χ2v) is 7.70. The van der Waals surface area contributed by atoms with E-state index in [1.165, 1.54) is 35.5 Å². The molecule has 0 N–H and O–H groups in total. The SMILES string of the molecule is CCc1cc2cc(Cc3cc4ccccc4s3)ccc2s1. The molecular weight excluding hydrogens is 292 g/mol. The monoisotopic (exact) mass is 308 g/mol. The van der Waals surface area contributed by atoms with Gasteiger partial charge in [-0.3, -0.25) is 0 Å². The summed E-state index contributed by atoms with van der Waals surface area (Å²) in [6.07, 6.45) is 2.16. The molecule has 21 heavy (non-hydrogen) atoms. The molecule has 0 bridgehead atoms. The zero-order valence-corrected chi connectivity index (χ0v) is 13.6. The number of rotatable bonds is 3. The van der Waals surface area contributed by atoms with E-state index in [1.54, 1.807) is 0 Å². The first-order chi connectivity index (χ1) is 10.3. The Morgan fingerprint density at radius 1 is 0.762 bits per heavy atom. The summed E-state index contributed by atoms with van der Waals surface area (Å²) in [5.41, 5.74) is 1.41. The molecule has 0 nitrogen and oxygen atoms in total. The summed E-state index contributed by atoms with van der Waals surface area (Å²) in [6, 6.07) is 20.2. The van der Waals surface area contributed by atoms with Crippen molar-refractivity contribution in [1.29, 1.82) is 0 Å². The lowest BCUT2D eigenvalue weighted by Crippen LogP contribution is -1.83. The highest BCUT2D eigenvalue weighted by molar-refractivity contribution is 7.19. The minimum absolute atomic E-state index is 1.03. The molecule has 0 spiro atoms. The van der Waals surface area contributed by atoms with Gasteiger partial charge in [0.2, 0.25) is 0 Å². The first-order valence-electron chi connectivity index (χ1n) is 7.30. The molecule has 104 valence electrons. The van der Waals surface area contributed by atoms with Crippen LogP contribution in [0.25, 0.3) is 20.2 Å². The fourth-order valence-corrected chi connectivity index (χ4v) is 4.84. The van der Waals surface area contributed by atoms with Gasteiger partial charge in [-0.05, 0) is 53.1 Å². The average molecular weight is 308 g/mol. The third kappa shape index (κ3) is 2.50. The van der Waals surface area contributed by atoms with Crippen molar-refractivity contribution in [1.82, 2.24) is 0 Å². The second-order valence-electron chi connectivity index (χ2n) is 5.37. The van der Waals surface area contributed by atoms with Crippen LogP contribution in [0.2, 0.25) is 0 Å². The predicted octanol–water partition coefficient (Wildman–Crippen LogP) is 6.27. The predicted molar refractivity (Wildman–Crippen MR) is 95.8 cm³/mol. The average Bonchev–Trinajstić information content (AvgIpc) is 3.09. The van der Waals surface area contributed by atoms with Crippen LogP contribution in [0.4, 0.5) is 0 Å². The van der Waals surface area contributed by atoms with Crippen LogP contribution in [0.15, 0.2) is 54.6 Å². The zero-order valence-electron chi connectivity index (χ0n) is 11.9. The Morgan fingerprint density at radius 3 is 2.38 bits per heavy atom. The minimum Gasteiger partial charge on any atom is -0.140 e. The lowest BCUT2D eigenvalue weighted by Gasteiger charge is -1.99. The maximum atomic E-state index is 2.36. The number of thiophene rings is 2. The summed E-state index contributed by atoms with van der Waals surface area (Å²) in [6.45, 7) is 2.23. The van der Waals surface area contributed by atoms with Crippen molar-refractivity contribution in [3.05, 3.63) is 69.9 Å². The van der Waals surface area contributed by atoms with Crippen molar-refractivity contribution in [2.45, 2.75) is 19.8 Å². The third-order valence-corrected chi connectivity index (χ3v) is 6.21. The van der Waals surface area contributed by atoms with E-state index in [2.05, 4.69) is 61.5 Å². The van der Waals surface area contributed by atoms with Gasteiger partial charge in [0.1, 0.15) is 0 Å². The highest BCUT2D eigenvalue weighted by Gasteiger charge is 2.05. The molecule has 2 heteroatoms. The van der Waals surface area contributed by atoms with E-state index in [0.29, 0.717) is 0 Å². The van der Waals surface area contributed by atoms with Crippen LogP contribution >= 0.6 is 22.7 Å². The minimum atomic E-state index is 1.03. The fraction of sp³-hybridized carbons (Fsp3) is 0.158. The lowest BCUT2D eigenvalue weighted by molar-refractivity contribution is 1.19. The van der Waals surface area contributed by atoms with Gasteiger partial charge in [-0.1, -0.05) is 31.2 Å². The van der Waals surface area contributed by atoms with Crippen molar-refractivity contribution >= 4 is 42.8 Å². The molecule has 2 heterocycles. The van der Waals surface area contributed by atoms with E-state index >= 15 is 0 Å². The van der Waals surface area contributed by atoms with Crippen LogP contribution in [0.3, 0.4) is 0 Å². The fourth-order valence-electron chi connectivity index (χ4n) is 2.76. The maximum absolute atomic E-state index is 2.36. The van der Waals surface area contributed by atoms with Crippen LogP contribution in [0.5, 0.6) is 0 Å². The maximum Gasteiger partial charge on any atom is 0.0345 e. The van der Waals surface area contributed by atoms with Crippen LogP contribution in [-0.4, -0.2) is 0 Å². The van der Waals surface area contributed by atoms with Gasteiger partial charge in [-0.15, -0.1) is 22.7 Å². The first kappa shape index (κ1) is 13.1. The molecule has 4 aromatic rings. The van der Waals surface area contributed by atoms with Crippen LogP contribution in [-0.2, 0) is 12.8 Å². The standard InChI is InChI=1S/C19H16S2/c1-2-16-12-15-9-13(7-8-19(15)20-16)10-17-11-14-5-3-4-6-18(14)21-17/h3-9,11-12H,2,10H2,1H3. The Balaban J connectivity index is 1.69. The van der Waals surface area contributed by atoms with E-state index < -0.39 is 0 Å². The molecule has 0 radical (unpaired) electrons. The molecule has 0 saturated carbocycles. The van der Waals surface area contributed by atoms with Crippen LogP contribution < -0.4 is 0 Å². The van der Waals surface area contributed by atoms with Crippen LogP contribution in [0.1, 0.15) is 22.2 Å². The molecule has 0 aliphatic heterocycles. The van der Waals surface area contributed by atoms with E-state index in [-0.39, 0.29) is 0 Å². The van der Waals surface area contributed by atoms with Gasteiger partial charge in [0.05, 0.1) is 0 Å². The normalized spacial score (nSPS) is 11.5. The number of hydrogen-bond acceptors (Lipinski definition) is 2. The van der Waals surface area contributed by atoms with Gasteiger partial charge in [0, 0.05) is 25.6 Å². The van der Waals surface area contributed by atoms with Crippen LogP contribution in [0, 0.1) is 0 Å². The van der Waals surface area contributed by atoms with Crippen molar-refractivity contribution in [2.75, 3.05) is 0 Å². The number of hydrogen-bond donors (Lipinski definition) is 0. The Bertz CT molecular complexity index is 879. The molecule has 0 aliphatic rings. The smallest absolute Gasteiger partial charge is 0.0345 e. The first-order valence-corrected chi connectivity index (χ1v) is 8.94. The lowest BCUT2D eigenvalue weighted by atomic mass is 10.1. The van der Waals surface area contributed by atoms with Crippen molar-refractivity contribution in [3.8, 4) is 0 Å². The van der Waals surface area contributed by atoms with E-state index in [1.807, 2.05) is 22.7 Å². The Kier molecular flexibility index (Phi) is 3.28.